The van der Waals surface area contributed by atoms with Crippen molar-refractivity contribution in [2.45, 2.75) is 52.1 Å². The van der Waals surface area contributed by atoms with E-state index < -0.39 is 36.4 Å². The predicted molar refractivity (Wildman–Crippen MR) is 54.5 cm³/mol. The largest absolute Gasteiger partial charge is 0.461 e. The van der Waals surface area contributed by atoms with Crippen LogP contribution < -0.4 is 0 Å². The quantitative estimate of drug-likeness (QED) is 0.629. The third-order valence-corrected chi connectivity index (χ3v) is 1.49. The number of hydrogen-bond donors (Lipinski definition) is 2. The molecule has 0 amide bonds. The van der Waals surface area contributed by atoms with Crippen molar-refractivity contribution >= 4 is 11.9 Å². The highest BCUT2D eigenvalue weighted by Crippen LogP contribution is 2.03. The molecule has 0 radical (unpaired) electrons. The molecule has 0 aromatic carbocycles. The maximum atomic E-state index is 11.1. The van der Waals surface area contributed by atoms with Crippen LogP contribution in [-0.2, 0) is 19.1 Å². The molecule has 0 spiro atoms. The molecule has 0 saturated heterocycles. The molecule has 0 aliphatic carbocycles. The van der Waals surface area contributed by atoms with Crippen molar-refractivity contribution in [2.75, 3.05) is 0 Å². The number of ether oxygens (including phenoxy) is 2. The van der Waals surface area contributed by atoms with Crippen LogP contribution in [0.3, 0.4) is 0 Å². The van der Waals surface area contributed by atoms with Gasteiger partial charge in [-0.05, 0) is 27.7 Å². The number of aliphatic hydroxyl groups excluding tert-OH is 2. The van der Waals surface area contributed by atoms with E-state index in [4.69, 9.17) is 0 Å². The van der Waals surface area contributed by atoms with Gasteiger partial charge in [0.05, 0.1) is 12.2 Å². The Bertz CT molecular complexity index is 222. The average molecular weight is 234 g/mol. The maximum absolute atomic E-state index is 11.1. The van der Waals surface area contributed by atoms with Gasteiger partial charge in [0.15, 0.2) is 12.2 Å². The highest BCUT2D eigenvalue weighted by Gasteiger charge is 2.33. The van der Waals surface area contributed by atoms with Crippen LogP contribution in [0.4, 0.5) is 0 Å². The van der Waals surface area contributed by atoms with Crippen molar-refractivity contribution in [1.29, 1.82) is 0 Å². The molecular weight excluding hydrogens is 216 g/mol. The topological polar surface area (TPSA) is 93.1 Å². The molecule has 0 heterocycles. The van der Waals surface area contributed by atoms with Crippen LogP contribution in [0.2, 0.25) is 0 Å². The molecule has 2 unspecified atom stereocenters. The molecule has 16 heavy (non-hydrogen) atoms. The number of carbonyl (C=O) groups excluding carboxylic acids is 2. The Balaban J connectivity index is 4.31. The van der Waals surface area contributed by atoms with Gasteiger partial charge < -0.3 is 19.7 Å². The van der Waals surface area contributed by atoms with Crippen molar-refractivity contribution < 1.29 is 29.3 Å². The molecule has 0 rings (SSSR count). The monoisotopic (exact) mass is 234 g/mol. The fourth-order valence-electron chi connectivity index (χ4n) is 0.862. The summed E-state index contributed by atoms with van der Waals surface area (Å²) in [6.07, 6.45) is -4.71. The molecule has 0 saturated carbocycles. The molecule has 0 fully saturated rings. The first-order chi connectivity index (χ1) is 7.25. The normalized spacial score (nSPS) is 14.8. The fourth-order valence-corrected chi connectivity index (χ4v) is 0.862. The van der Waals surface area contributed by atoms with E-state index >= 15 is 0 Å². The summed E-state index contributed by atoms with van der Waals surface area (Å²) in [4.78, 5) is 22.3. The van der Waals surface area contributed by atoms with Gasteiger partial charge in [0.1, 0.15) is 0 Å². The number of aliphatic hydroxyl groups is 2. The van der Waals surface area contributed by atoms with Crippen LogP contribution in [0.15, 0.2) is 0 Å². The third-order valence-electron chi connectivity index (χ3n) is 1.49. The lowest BCUT2D eigenvalue weighted by Crippen LogP contribution is -2.43. The first-order valence-electron chi connectivity index (χ1n) is 5.02. The van der Waals surface area contributed by atoms with Crippen LogP contribution in [0.25, 0.3) is 0 Å². The molecule has 6 heteroatoms. The van der Waals surface area contributed by atoms with E-state index in [9.17, 15) is 19.8 Å². The van der Waals surface area contributed by atoms with Crippen LogP contribution in [0.5, 0.6) is 0 Å². The molecule has 2 N–H and O–H groups in total. The van der Waals surface area contributed by atoms with E-state index in [-0.39, 0.29) is 0 Å². The Morgan fingerprint density at radius 1 is 0.812 bits per heavy atom. The van der Waals surface area contributed by atoms with Gasteiger partial charge in [-0.1, -0.05) is 0 Å². The summed E-state index contributed by atoms with van der Waals surface area (Å²) in [5.41, 5.74) is 0. The Hall–Kier alpha value is -1.14. The highest BCUT2D eigenvalue weighted by molar-refractivity contribution is 5.85. The molecule has 0 aromatic rings. The second-order valence-electron chi connectivity index (χ2n) is 3.86. The van der Waals surface area contributed by atoms with Gasteiger partial charge in [0.25, 0.3) is 0 Å². The molecule has 94 valence electrons. The minimum Gasteiger partial charge on any atom is -0.461 e. The molecule has 0 bridgehead atoms. The van der Waals surface area contributed by atoms with E-state index in [1.165, 1.54) is 0 Å². The summed E-state index contributed by atoms with van der Waals surface area (Å²) in [5.74, 6) is -2.11. The van der Waals surface area contributed by atoms with Gasteiger partial charge >= 0.3 is 11.9 Å². The lowest BCUT2D eigenvalue weighted by atomic mass is 10.2. The summed E-state index contributed by atoms with van der Waals surface area (Å²) in [5, 5.41) is 18.6. The number of carbonyl (C=O) groups is 2. The number of rotatable bonds is 5. The van der Waals surface area contributed by atoms with Gasteiger partial charge in [-0.15, -0.1) is 0 Å². The van der Waals surface area contributed by atoms with Gasteiger partial charge in [-0.25, -0.2) is 9.59 Å². The Labute approximate surface area is 94.2 Å². The average Bonchev–Trinajstić information content (AvgIpc) is 2.13. The van der Waals surface area contributed by atoms with Gasteiger partial charge in [0, 0.05) is 0 Å². The van der Waals surface area contributed by atoms with Crippen molar-refractivity contribution in [3.63, 3.8) is 0 Å². The maximum Gasteiger partial charge on any atom is 0.338 e. The van der Waals surface area contributed by atoms with E-state index in [1.54, 1.807) is 27.7 Å². The molecule has 0 aromatic heterocycles. The summed E-state index contributed by atoms with van der Waals surface area (Å²) in [6, 6.07) is 0. The first-order valence-corrected chi connectivity index (χ1v) is 5.02. The summed E-state index contributed by atoms with van der Waals surface area (Å²) >= 11 is 0. The second-order valence-corrected chi connectivity index (χ2v) is 3.86. The van der Waals surface area contributed by atoms with Gasteiger partial charge in [0.2, 0.25) is 0 Å². The van der Waals surface area contributed by atoms with Gasteiger partial charge in [-0.3, -0.25) is 0 Å². The zero-order valence-electron chi connectivity index (χ0n) is 9.84. The predicted octanol–water partition coefficient (Wildman–Crippen LogP) is -0.389. The minimum atomic E-state index is -1.92. The van der Waals surface area contributed by atoms with Crippen LogP contribution >= 0.6 is 0 Å². The van der Waals surface area contributed by atoms with E-state index in [1.807, 2.05) is 0 Å². The Morgan fingerprint density at radius 3 is 1.25 bits per heavy atom. The molecule has 2 atom stereocenters. The van der Waals surface area contributed by atoms with Crippen LogP contribution in [-0.4, -0.2) is 46.6 Å². The first kappa shape index (κ1) is 14.9. The zero-order valence-corrected chi connectivity index (χ0v) is 9.84. The van der Waals surface area contributed by atoms with Crippen molar-refractivity contribution in [2.24, 2.45) is 0 Å². The lowest BCUT2D eigenvalue weighted by Gasteiger charge is -2.18. The smallest absolute Gasteiger partial charge is 0.338 e. The SMILES string of the molecule is CC(C)OC(=O)C(O)C(O)C(=O)OC(C)C. The zero-order chi connectivity index (χ0) is 12.9. The molecular formula is C10H18O6. The van der Waals surface area contributed by atoms with Gasteiger partial charge in [-0.2, -0.15) is 0 Å². The number of esters is 2. The number of hydrogen-bond acceptors (Lipinski definition) is 6. The summed E-state index contributed by atoms with van der Waals surface area (Å²) in [7, 11) is 0. The standard InChI is InChI=1S/C10H18O6/c1-5(2)15-9(13)7(11)8(12)10(14)16-6(3)4/h5-8,11-12H,1-4H3. The van der Waals surface area contributed by atoms with E-state index in [0.717, 1.165) is 0 Å². The Kier molecular flexibility index (Phi) is 5.98. The fraction of sp³-hybridized carbons (Fsp3) is 0.800. The lowest BCUT2D eigenvalue weighted by molar-refractivity contribution is -0.177. The van der Waals surface area contributed by atoms with Crippen molar-refractivity contribution in [1.82, 2.24) is 0 Å². The van der Waals surface area contributed by atoms with Crippen LogP contribution in [0, 0.1) is 0 Å². The van der Waals surface area contributed by atoms with E-state index in [2.05, 4.69) is 9.47 Å². The second kappa shape index (κ2) is 6.44. The minimum absolute atomic E-state index is 0.435. The van der Waals surface area contributed by atoms with E-state index in [0.29, 0.717) is 0 Å². The Morgan fingerprint density at radius 2 is 1.06 bits per heavy atom. The molecule has 0 aliphatic rings. The third kappa shape index (κ3) is 5.09. The van der Waals surface area contributed by atoms with Crippen molar-refractivity contribution in [3.8, 4) is 0 Å². The highest BCUT2D eigenvalue weighted by atomic mass is 16.6. The molecule has 0 aliphatic heterocycles. The summed E-state index contributed by atoms with van der Waals surface area (Å²) < 4.78 is 9.26. The summed E-state index contributed by atoms with van der Waals surface area (Å²) in [6.45, 7) is 6.35. The van der Waals surface area contributed by atoms with Crippen LogP contribution in [0.1, 0.15) is 27.7 Å². The van der Waals surface area contributed by atoms with Crippen molar-refractivity contribution in [3.05, 3.63) is 0 Å². The molecule has 6 nitrogen and oxygen atoms in total.